The van der Waals surface area contributed by atoms with Crippen molar-refractivity contribution in [1.82, 2.24) is 20.5 Å². The van der Waals surface area contributed by atoms with Crippen LogP contribution >= 0.6 is 0 Å². The largest absolute Gasteiger partial charge is 0.494 e. The first-order chi connectivity index (χ1) is 21.5. The minimum absolute atomic E-state index is 0.112. The van der Waals surface area contributed by atoms with Gasteiger partial charge in [0.2, 0.25) is 0 Å². The average Bonchev–Trinajstić information content (AvgIpc) is 3.49. The molecule has 10 nitrogen and oxygen atoms in total. The van der Waals surface area contributed by atoms with Crippen LogP contribution in [0.3, 0.4) is 0 Å². The summed E-state index contributed by atoms with van der Waals surface area (Å²) >= 11 is 0. The number of anilines is 1. The fourth-order valence-corrected chi connectivity index (χ4v) is 5.04. The molecule has 0 radical (unpaired) electrons. The second kappa shape index (κ2) is 14.8. The van der Waals surface area contributed by atoms with E-state index in [9.17, 15) is 14.4 Å². The molecule has 10 heteroatoms. The van der Waals surface area contributed by atoms with Crippen LogP contribution in [0.25, 0.3) is 16.9 Å². The van der Waals surface area contributed by atoms with Gasteiger partial charge >= 0.3 is 11.8 Å². The van der Waals surface area contributed by atoms with E-state index in [1.165, 1.54) is 12.6 Å². The van der Waals surface area contributed by atoms with Crippen LogP contribution in [-0.4, -0.2) is 46.4 Å². The van der Waals surface area contributed by atoms with Crippen molar-refractivity contribution in [3.05, 3.63) is 96.2 Å². The van der Waals surface area contributed by atoms with Crippen LogP contribution < -0.4 is 20.8 Å². The van der Waals surface area contributed by atoms with Crippen LogP contribution in [-0.2, 0) is 9.59 Å². The quantitative estimate of drug-likeness (QED) is 0.128. The number of hydrazone groups is 1. The summed E-state index contributed by atoms with van der Waals surface area (Å²) in [6, 6.07) is 23.9. The van der Waals surface area contributed by atoms with Gasteiger partial charge in [0.1, 0.15) is 11.4 Å². The molecule has 4 aromatic rings. The molecule has 1 heterocycles. The van der Waals surface area contributed by atoms with Gasteiger partial charge in [-0.15, -0.1) is 0 Å². The summed E-state index contributed by atoms with van der Waals surface area (Å²) < 4.78 is 7.43. The van der Waals surface area contributed by atoms with Crippen LogP contribution in [0.4, 0.5) is 5.69 Å². The molecule has 1 fully saturated rings. The Labute approximate surface area is 256 Å². The zero-order valence-corrected chi connectivity index (χ0v) is 24.7. The zero-order chi connectivity index (χ0) is 30.7. The highest BCUT2D eigenvalue weighted by atomic mass is 16.5. The number of hydrogen-bond acceptors (Lipinski definition) is 6. The van der Waals surface area contributed by atoms with E-state index in [0.717, 1.165) is 49.1 Å². The Kier molecular flexibility index (Phi) is 10.1. The van der Waals surface area contributed by atoms with Gasteiger partial charge in [0, 0.05) is 23.4 Å². The Morgan fingerprint density at radius 2 is 1.66 bits per heavy atom. The van der Waals surface area contributed by atoms with Crippen molar-refractivity contribution in [2.45, 2.75) is 51.5 Å². The topological polar surface area (TPSA) is 127 Å². The van der Waals surface area contributed by atoms with Crippen LogP contribution in [0.1, 0.15) is 61.4 Å². The highest BCUT2D eigenvalue weighted by Crippen LogP contribution is 2.25. The first-order valence-electron chi connectivity index (χ1n) is 14.9. The third-order valence-corrected chi connectivity index (χ3v) is 7.30. The van der Waals surface area contributed by atoms with E-state index in [1.54, 1.807) is 35.1 Å². The average molecular weight is 593 g/mol. The maximum Gasteiger partial charge on any atom is 0.329 e. The van der Waals surface area contributed by atoms with Crippen LogP contribution in [0.2, 0.25) is 0 Å². The van der Waals surface area contributed by atoms with E-state index in [-0.39, 0.29) is 17.6 Å². The molecule has 0 saturated heterocycles. The van der Waals surface area contributed by atoms with Gasteiger partial charge in [-0.05, 0) is 67.8 Å². The van der Waals surface area contributed by atoms with Gasteiger partial charge in [-0.2, -0.15) is 10.2 Å². The molecule has 44 heavy (non-hydrogen) atoms. The lowest BCUT2D eigenvalue weighted by Crippen LogP contribution is -2.37. The Bertz CT molecular complexity index is 1610. The molecule has 0 atom stereocenters. The fourth-order valence-electron chi connectivity index (χ4n) is 5.04. The van der Waals surface area contributed by atoms with E-state index in [4.69, 9.17) is 9.84 Å². The Balaban J connectivity index is 1.28. The van der Waals surface area contributed by atoms with Gasteiger partial charge in [-0.25, -0.2) is 10.1 Å². The van der Waals surface area contributed by atoms with E-state index in [1.807, 2.05) is 54.6 Å². The Hall–Kier alpha value is -5.25. The molecule has 3 aromatic carbocycles. The SMILES string of the molecule is CCCOc1ccc(-c2nn(-c3ccccc3)cc2/C=N\NC(=O)C(=O)Nc2ccccc2C(=O)NC2CCCCC2)cc1. The molecule has 3 amide bonds. The summed E-state index contributed by atoms with van der Waals surface area (Å²) in [6.07, 6.45) is 9.36. The number of aromatic nitrogens is 2. The van der Waals surface area contributed by atoms with Crippen LogP contribution in [0, 0.1) is 0 Å². The maximum atomic E-state index is 12.9. The molecule has 0 aliphatic heterocycles. The number of carbonyl (C=O) groups is 3. The van der Waals surface area contributed by atoms with Gasteiger partial charge in [-0.3, -0.25) is 14.4 Å². The molecule has 0 spiro atoms. The number of rotatable bonds is 10. The van der Waals surface area contributed by atoms with E-state index >= 15 is 0 Å². The lowest BCUT2D eigenvalue weighted by atomic mass is 9.95. The van der Waals surface area contributed by atoms with Crippen molar-refractivity contribution in [2.24, 2.45) is 5.10 Å². The summed E-state index contributed by atoms with van der Waals surface area (Å²) in [4.78, 5) is 38.3. The summed E-state index contributed by atoms with van der Waals surface area (Å²) in [6.45, 7) is 2.68. The van der Waals surface area contributed by atoms with Crippen LogP contribution in [0.5, 0.6) is 5.75 Å². The van der Waals surface area contributed by atoms with E-state index < -0.39 is 11.8 Å². The highest BCUT2D eigenvalue weighted by Gasteiger charge is 2.21. The van der Waals surface area contributed by atoms with Crippen molar-refractivity contribution >= 4 is 29.6 Å². The molecule has 3 N–H and O–H groups in total. The lowest BCUT2D eigenvalue weighted by molar-refractivity contribution is -0.136. The Morgan fingerprint density at radius 1 is 0.932 bits per heavy atom. The molecule has 1 aliphatic carbocycles. The summed E-state index contributed by atoms with van der Waals surface area (Å²) in [5, 5.41) is 14.4. The van der Waals surface area contributed by atoms with Crippen molar-refractivity contribution in [1.29, 1.82) is 0 Å². The van der Waals surface area contributed by atoms with Gasteiger partial charge in [0.15, 0.2) is 0 Å². The molecule has 1 saturated carbocycles. The predicted octanol–water partition coefficient (Wildman–Crippen LogP) is 5.48. The first-order valence-corrected chi connectivity index (χ1v) is 14.9. The third-order valence-electron chi connectivity index (χ3n) is 7.30. The van der Waals surface area contributed by atoms with Gasteiger partial charge in [0.25, 0.3) is 5.91 Å². The van der Waals surface area contributed by atoms with Gasteiger partial charge in [0.05, 0.1) is 29.8 Å². The molecule has 5 rings (SSSR count). The number of ether oxygens (including phenoxy) is 1. The molecule has 226 valence electrons. The second-order valence-electron chi connectivity index (χ2n) is 10.6. The van der Waals surface area contributed by atoms with Gasteiger partial charge < -0.3 is 15.4 Å². The molecular formula is C34H36N6O4. The Morgan fingerprint density at radius 3 is 2.41 bits per heavy atom. The molecule has 1 aromatic heterocycles. The third kappa shape index (κ3) is 7.77. The maximum absolute atomic E-state index is 12.9. The normalized spacial score (nSPS) is 13.4. The van der Waals surface area contributed by atoms with Crippen molar-refractivity contribution in [2.75, 3.05) is 11.9 Å². The summed E-state index contributed by atoms with van der Waals surface area (Å²) in [5.74, 6) is -1.43. The van der Waals surface area contributed by atoms with E-state index in [0.29, 0.717) is 23.4 Å². The number of carbonyl (C=O) groups excluding carboxylic acids is 3. The number of hydrogen-bond donors (Lipinski definition) is 3. The lowest BCUT2D eigenvalue weighted by Gasteiger charge is -2.23. The summed E-state index contributed by atoms with van der Waals surface area (Å²) in [7, 11) is 0. The second-order valence-corrected chi connectivity index (χ2v) is 10.6. The minimum Gasteiger partial charge on any atom is -0.494 e. The fraction of sp³-hybridized carbons (Fsp3) is 0.265. The molecular weight excluding hydrogens is 556 g/mol. The van der Waals surface area contributed by atoms with Crippen molar-refractivity contribution in [3.8, 4) is 22.7 Å². The number of para-hydroxylation sites is 2. The summed E-state index contributed by atoms with van der Waals surface area (Å²) in [5.41, 5.74) is 5.78. The van der Waals surface area contributed by atoms with E-state index in [2.05, 4.69) is 28.1 Å². The monoisotopic (exact) mass is 592 g/mol. The highest BCUT2D eigenvalue weighted by molar-refractivity contribution is 6.40. The minimum atomic E-state index is -0.974. The number of nitrogens with one attached hydrogen (secondary N) is 3. The number of nitrogens with zero attached hydrogens (tertiary/aromatic N) is 3. The number of amides is 3. The first kappa shape index (κ1) is 30.2. The zero-order valence-electron chi connectivity index (χ0n) is 24.7. The standard InChI is InChI=1S/C34H36N6O4/c1-2-21-44-28-19-17-24(18-20-28)31-25(23-40(39-31)27-13-7-4-8-14-27)22-35-38-34(43)33(42)37-30-16-10-9-15-29(30)32(41)36-26-11-5-3-6-12-26/h4,7-10,13-20,22-23,26H,2-3,5-6,11-12,21H2,1H3,(H,36,41)(H,37,42)(H,38,43)/b35-22-. The van der Waals surface area contributed by atoms with Crippen LogP contribution in [0.15, 0.2) is 90.2 Å². The molecule has 0 unspecified atom stereocenters. The smallest absolute Gasteiger partial charge is 0.329 e. The van der Waals surface area contributed by atoms with Crippen molar-refractivity contribution in [3.63, 3.8) is 0 Å². The molecule has 1 aliphatic rings. The predicted molar refractivity (Wildman–Crippen MR) is 170 cm³/mol. The van der Waals surface area contributed by atoms with Crippen molar-refractivity contribution < 1.29 is 19.1 Å². The van der Waals surface area contributed by atoms with Gasteiger partial charge in [-0.1, -0.05) is 56.5 Å². The number of benzene rings is 3. The molecule has 0 bridgehead atoms.